The summed E-state index contributed by atoms with van der Waals surface area (Å²) in [6.07, 6.45) is 1.45. The molecule has 0 fully saturated rings. The van der Waals surface area contributed by atoms with Gasteiger partial charge in [-0.05, 0) is 68.7 Å². The number of halogens is 2. The Hall–Kier alpha value is 0.920. The summed E-state index contributed by atoms with van der Waals surface area (Å²) in [6.45, 7) is 7.93. The van der Waals surface area contributed by atoms with Crippen molar-refractivity contribution in [1.29, 1.82) is 0 Å². The lowest BCUT2D eigenvalue weighted by molar-refractivity contribution is -0.385. The fourth-order valence-electron chi connectivity index (χ4n) is 1.32. The molecule has 2 atom stereocenters. The number of nitrogens with one attached hydrogen (secondary N) is 2. The molecule has 0 spiro atoms. The lowest BCUT2D eigenvalue weighted by Crippen LogP contribution is -2.61. The summed E-state index contributed by atoms with van der Waals surface area (Å²) in [7, 11) is 1.78. The molecule has 0 aromatic heterocycles. The van der Waals surface area contributed by atoms with Crippen molar-refractivity contribution >= 4 is 51.0 Å². The fourth-order valence-corrected chi connectivity index (χ4v) is 3.10. The van der Waals surface area contributed by atoms with E-state index in [2.05, 4.69) is 18.1 Å². The van der Waals surface area contributed by atoms with Crippen molar-refractivity contribution in [3.8, 4) is 0 Å². The van der Waals surface area contributed by atoms with Crippen LogP contribution in [0.2, 0.25) is 0 Å². The van der Waals surface area contributed by atoms with E-state index in [1.54, 1.807) is 15.4 Å². The Morgan fingerprint density at radius 3 is 2.10 bits per heavy atom. The molecule has 0 rings (SSSR count). The van der Waals surface area contributed by atoms with Gasteiger partial charge in [-0.3, -0.25) is 15.5 Å². The Kier molecular flexibility index (Phi) is 10.3. The van der Waals surface area contributed by atoms with Crippen molar-refractivity contribution in [2.45, 2.75) is 52.0 Å². The molecule has 0 saturated carbocycles. The Balaban J connectivity index is 5.13. The Morgan fingerprint density at radius 2 is 1.75 bits per heavy atom. The van der Waals surface area contributed by atoms with Gasteiger partial charge in [-0.15, -0.1) is 3.69 Å². The Morgan fingerprint density at radius 1 is 1.20 bits per heavy atom. The first-order valence-electron chi connectivity index (χ1n) is 6.24. The van der Waals surface area contributed by atoms with Crippen molar-refractivity contribution in [3.05, 3.63) is 0 Å². The molecular weight excluding hydrogens is 488 g/mol. The monoisotopic (exact) mass is 515 g/mol. The van der Waals surface area contributed by atoms with Crippen LogP contribution in [0.4, 0.5) is 0 Å². The van der Waals surface area contributed by atoms with Gasteiger partial charge in [0.25, 0.3) is 0 Å². The zero-order valence-electron chi connectivity index (χ0n) is 12.9. The predicted octanol–water partition coefficient (Wildman–Crippen LogP) is 1.94. The first-order chi connectivity index (χ1) is 9.33. The number of nitrogens with two attached hydrogens (primary N) is 1. The van der Waals surface area contributed by atoms with Gasteiger partial charge in [0.05, 0.1) is 0 Å². The van der Waals surface area contributed by atoms with Crippen LogP contribution < -0.4 is 15.0 Å². The van der Waals surface area contributed by atoms with Crippen molar-refractivity contribution in [3.63, 3.8) is 0 Å². The van der Waals surface area contributed by atoms with Gasteiger partial charge < -0.3 is 0 Å². The summed E-state index contributed by atoms with van der Waals surface area (Å²) in [4.78, 5) is 11.8. The summed E-state index contributed by atoms with van der Waals surface area (Å²) in [5, 5.41) is 1.60. The fraction of sp³-hybridized carbons (Fsp3) is 0.818. The lowest BCUT2D eigenvalue weighted by Gasteiger charge is -2.44. The maximum absolute atomic E-state index is 6.08. The number of hydrazine groups is 2. The third kappa shape index (κ3) is 5.61. The zero-order valence-corrected chi connectivity index (χ0v) is 17.2. The van der Waals surface area contributed by atoms with Gasteiger partial charge in [-0.25, -0.2) is 5.43 Å². The molecule has 0 heterocycles. The van der Waals surface area contributed by atoms with Crippen LogP contribution >= 0.6 is 42.0 Å². The van der Waals surface area contributed by atoms with E-state index >= 15 is 0 Å². The van der Waals surface area contributed by atoms with Crippen LogP contribution in [0.1, 0.15) is 40.5 Å². The van der Waals surface area contributed by atoms with E-state index in [9.17, 15) is 0 Å². The molecule has 0 radical (unpaired) electrons. The Bertz CT molecular complexity index is 323. The molecule has 0 aromatic carbocycles. The molecule has 0 aliphatic rings. The van der Waals surface area contributed by atoms with Gasteiger partial charge in [-0.2, -0.15) is 3.22 Å². The average Bonchev–Trinajstić information content (AvgIpc) is 2.48. The summed E-state index contributed by atoms with van der Waals surface area (Å²) in [5.74, 6) is 6.03. The smallest absolute Gasteiger partial charge is 0.177 e. The molecular formula is C11H27I2N5O2. The Labute approximate surface area is 142 Å². The molecule has 0 aromatic rings. The number of hydrogen-bond acceptors (Lipinski definition) is 7. The minimum absolute atomic E-state index is 0.421. The molecule has 0 amide bonds. The van der Waals surface area contributed by atoms with E-state index in [0.29, 0.717) is 6.42 Å². The van der Waals surface area contributed by atoms with E-state index in [4.69, 9.17) is 15.5 Å². The van der Waals surface area contributed by atoms with Crippen LogP contribution in [0.15, 0.2) is 0 Å². The molecule has 122 valence electrons. The van der Waals surface area contributed by atoms with E-state index < -0.39 is 53.5 Å². The van der Waals surface area contributed by atoms with Gasteiger partial charge in [0, 0.05) is 7.05 Å². The predicted molar refractivity (Wildman–Crippen MR) is 102 cm³/mol. The van der Waals surface area contributed by atoms with E-state index in [1.165, 1.54) is 0 Å². The quantitative estimate of drug-likeness (QED) is 0.128. The number of hydroxylamine groups is 1. The molecule has 0 bridgehead atoms. The highest BCUT2D eigenvalue weighted by Gasteiger charge is 2.39. The minimum Gasteiger partial charge on any atom is -0.267 e. The molecule has 9 heteroatoms. The molecule has 0 aliphatic heterocycles. The first kappa shape index (κ1) is 20.9. The highest BCUT2D eigenvalue weighted by molar-refractivity contribution is 14.2. The second-order valence-corrected chi connectivity index (χ2v) is 7.33. The largest absolute Gasteiger partial charge is 0.267 e. The van der Waals surface area contributed by atoms with Crippen molar-refractivity contribution in [2.24, 2.45) is 5.84 Å². The summed E-state index contributed by atoms with van der Waals surface area (Å²) < 4.78 is 12.3. The van der Waals surface area contributed by atoms with Gasteiger partial charge in [-0.1, -0.05) is 28.0 Å². The van der Waals surface area contributed by atoms with Gasteiger partial charge >= 0.3 is 0 Å². The summed E-state index contributed by atoms with van der Waals surface area (Å²) in [5.41, 5.74) is 1.73. The first-order valence-corrected chi connectivity index (χ1v) is 11.3. The van der Waals surface area contributed by atoms with Crippen LogP contribution in [0.5, 0.6) is 0 Å². The van der Waals surface area contributed by atoms with Gasteiger partial charge in [0.15, 0.2) is 11.4 Å². The number of rotatable bonds is 11. The van der Waals surface area contributed by atoms with Crippen LogP contribution in [0.25, 0.3) is 0 Å². The second kappa shape index (κ2) is 9.84. The highest BCUT2D eigenvalue weighted by atomic mass is 127. The van der Waals surface area contributed by atoms with Gasteiger partial charge in [0.2, 0.25) is 0 Å². The number of nitrogens with zero attached hydrogens (tertiary/aromatic N) is 2. The maximum atomic E-state index is 6.08. The van der Waals surface area contributed by atoms with E-state index in [-0.39, 0.29) is 0 Å². The van der Waals surface area contributed by atoms with Crippen molar-refractivity contribution < 1.29 is 9.68 Å². The molecule has 0 aliphatic carbocycles. The van der Waals surface area contributed by atoms with Crippen LogP contribution in [-0.4, -0.2) is 35.9 Å². The maximum Gasteiger partial charge on any atom is 0.177 e. The topological polar surface area (TPSA) is 75.0 Å². The van der Waals surface area contributed by atoms with E-state index in [0.717, 1.165) is 6.42 Å². The lowest BCUT2D eigenvalue weighted by atomic mass is 10.2. The minimum atomic E-state index is -0.664. The van der Waals surface area contributed by atoms with Crippen LogP contribution in [0, 0.1) is 0 Å². The molecule has 2 unspecified atom stereocenters. The summed E-state index contributed by atoms with van der Waals surface area (Å²) in [6, 6.07) is 0. The molecule has 0 saturated heterocycles. The molecule has 20 heavy (non-hydrogen) atoms. The van der Waals surface area contributed by atoms with Crippen molar-refractivity contribution in [2.75, 3.05) is 7.05 Å². The van der Waals surface area contributed by atoms with Gasteiger partial charge in [0.1, 0.15) is 0 Å². The van der Waals surface area contributed by atoms with Crippen molar-refractivity contribution in [1.82, 2.24) is 17.5 Å². The third-order valence-corrected chi connectivity index (χ3v) is 5.41. The highest BCUT2D eigenvalue weighted by Crippen LogP contribution is 2.28. The second-order valence-electron chi connectivity index (χ2n) is 4.41. The SMILES string of the molecule is C=INOC(C)(CC)N(NC)OC(C)(CC)N(N)I=C. The molecule has 4 N–H and O–H groups in total. The number of hydrogen-bond donors (Lipinski definition) is 3. The average molecular weight is 515 g/mol. The van der Waals surface area contributed by atoms with Crippen LogP contribution in [0.3, 0.4) is 0 Å². The van der Waals surface area contributed by atoms with E-state index in [1.807, 2.05) is 27.7 Å². The zero-order chi connectivity index (χ0) is 15.8. The normalized spacial score (nSPS) is 18.2. The third-order valence-electron chi connectivity index (χ3n) is 3.13. The van der Waals surface area contributed by atoms with Crippen LogP contribution in [-0.2, 0) is 9.68 Å². The standard InChI is InChI=1S/C11H27I2N5O2/c1-8-10(3,17(14)13-6)20-18(15-7)11(4,9-2)19-16-12-5/h15-16H,5-6,8-9,14H2,1-4,7H3. The summed E-state index contributed by atoms with van der Waals surface area (Å²) >= 11 is -0.942. The molecule has 7 nitrogen and oxygen atoms in total.